The molecule has 0 atom stereocenters. The molecule has 2 rings (SSSR count). The van der Waals surface area contributed by atoms with Gasteiger partial charge >= 0.3 is 0 Å². The summed E-state index contributed by atoms with van der Waals surface area (Å²) >= 11 is 0. The minimum absolute atomic E-state index is 0.125. The van der Waals surface area contributed by atoms with Crippen LogP contribution in [-0.4, -0.2) is 29.1 Å². The Bertz CT molecular complexity index is 387. The first-order valence-electron chi connectivity index (χ1n) is 4.88. The van der Waals surface area contributed by atoms with Crippen molar-refractivity contribution in [1.82, 2.24) is 4.98 Å². The van der Waals surface area contributed by atoms with Crippen LogP contribution >= 0.6 is 0 Å². The van der Waals surface area contributed by atoms with Crippen molar-refractivity contribution in [3.05, 3.63) is 24.0 Å². The van der Waals surface area contributed by atoms with E-state index in [9.17, 15) is 0 Å². The van der Waals surface area contributed by atoms with Crippen molar-refractivity contribution in [2.24, 2.45) is 10.9 Å². The molecule has 0 aromatic carbocycles. The van der Waals surface area contributed by atoms with Crippen LogP contribution in [0, 0.1) is 0 Å². The summed E-state index contributed by atoms with van der Waals surface area (Å²) in [4.78, 5) is 6.18. The van der Waals surface area contributed by atoms with Crippen molar-refractivity contribution in [3.8, 4) is 0 Å². The maximum Gasteiger partial charge on any atom is 0.172 e. The van der Waals surface area contributed by atoms with Gasteiger partial charge in [-0.3, -0.25) is 4.98 Å². The fourth-order valence-electron chi connectivity index (χ4n) is 1.60. The zero-order valence-corrected chi connectivity index (χ0v) is 8.59. The largest absolute Gasteiger partial charge is 0.409 e. The molecule has 1 aromatic heterocycles. The molecule has 1 heterocycles. The summed E-state index contributed by atoms with van der Waals surface area (Å²) in [5, 5.41) is 11.7. The lowest BCUT2D eigenvalue weighted by Crippen LogP contribution is -2.24. The lowest BCUT2D eigenvalue weighted by molar-refractivity contribution is 0.318. The Morgan fingerprint density at radius 1 is 1.67 bits per heavy atom. The monoisotopic (exact) mass is 206 g/mol. The minimum Gasteiger partial charge on any atom is -0.409 e. The average Bonchev–Trinajstić information content (AvgIpc) is 3.11. The van der Waals surface area contributed by atoms with Crippen LogP contribution in [0.5, 0.6) is 0 Å². The van der Waals surface area contributed by atoms with E-state index in [1.54, 1.807) is 18.5 Å². The van der Waals surface area contributed by atoms with Gasteiger partial charge in [-0.05, 0) is 18.9 Å². The van der Waals surface area contributed by atoms with Gasteiger partial charge in [0.1, 0.15) is 0 Å². The Balaban J connectivity index is 2.36. The Morgan fingerprint density at radius 2 is 2.40 bits per heavy atom. The highest BCUT2D eigenvalue weighted by atomic mass is 16.4. The van der Waals surface area contributed by atoms with Crippen LogP contribution in [-0.2, 0) is 0 Å². The van der Waals surface area contributed by atoms with Crippen molar-refractivity contribution < 1.29 is 5.21 Å². The van der Waals surface area contributed by atoms with Crippen LogP contribution in [0.15, 0.2) is 23.6 Å². The van der Waals surface area contributed by atoms with Crippen molar-refractivity contribution >= 4 is 11.5 Å². The third-order valence-electron chi connectivity index (χ3n) is 2.66. The Kier molecular flexibility index (Phi) is 2.45. The second-order valence-electron chi connectivity index (χ2n) is 3.72. The summed E-state index contributed by atoms with van der Waals surface area (Å²) in [7, 11) is 2.00. The molecule has 5 heteroatoms. The fourth-order valence-corrected chi connectivity index (χ4v) is 1.60. The highest BCUT2D eigenvalue weighted by Gasteiger charge is 2.28. The van der Waals surface area contributed by atoms with Gasteiger partial charge in [-0.1, -0.05) is 5.16 Å². The van der Waals surface area contributed by atoms with Crippen molar-refractivity contribution in [2.45, 2.75) is 18.9 Å². The van der Waals surface area contributed by atoms with Crippen molar-refractivity contribution in [3.63, 3.8) is 0 Å². The predicted octanol–water partition coefficient (Wildman–Crippen LogP) is 0.775. The number of hydrogen-bond acceptors (Lipinski definition) is 4. The van der Waals surface area contributed by atoms with Gasteiger partial charge in [-0.2, -0.15) is 0 Å². The molecule has 3 N–H and O–H groups in total. The molecule has 0 amide bonds. The molecule has 80 valence electrons. The van der Waals surface area contributed by atoms with E-state index in [4.69, 9.17) is 10.9 Å². The third kappa shape index (κ3) is 1.86. The Morgan fingerprint density at radius 3 is 3.00 bits per heavy atom. The molecule has 0 spiro atoms. The molecule has 0 radical (unpaired) electrons. The van der Waals surface area contributed by atoms with E-state index >= 15 is 0 Å². The minimum atomic E-state index is 0.125. The number of aromatic nitrogens is 1. The van der Waals surface area contributed by atoms with Crippen LogP contribution < -0.4 is 10.6 Å². The second-order valence-corrected chi connectivity index (χ2v) is 3.72. The van der Waals surface area contributed by atoms with Crippen LogP contribution in [0.3, 0.4) is 0 Å². The second kappa shape index (κ2) is 3.76. The first kappa shape index (κ1) is 9.76. The molecule has 0 saturated heterocycles. The summed E-state index contributed by atoms with van der Waals surface area (Å²) in [5.74, 6) is 0.125. The average molecular weight is 206 g/mol. The number of oxime groups is 1. The third-order valence-corrected chi connectivity index (χ3v) is 2.66. The maximum atomic E-state index is 8.67. The Hall–Kier alpha value is -1.78. The molecule has 5 nitrogen and oxygen atoms in total. The molecular weight excluding hydrogens is 192 g/mol. The van der Waals surface area contributed by atoms with E-state index in [1.807, 2.05) is 7.05 Å². The van der Waals surface area contributed by atoms with Gasteiger partial charge in [-0.25, -0.2) is 0 Å². The van der Waals surface area contributed by atoms with Gasteiger partial charge in [0.05, 0.1) is 11.9 Å². The molecule has 0 aliphatic heterocycles. The standard InChI is InChI=1S/C10H14N4O/c1-14(7-2-3-7)9-6-12-5-4-8(9)10(11)13-15/h4-7,15H,2-3H2,1H3,(H2,11,13). The van der Waals surface area contributed by atoms with E-state index in [0.717, 1.165) is 11.3 Å². The molecule has 1 aromatic rings. The SMILES string of the molecule is CN(c1cnccc1/C(N)=N/O)C1CC1. The molecule has 0 bridgehead atoms. The lowest BCUT2D eigenvalue weighted by atomic mass is 10.2. The molecular formula is C10H14N4O. The fraction of sp³-hybridized carbons (Fsp3) is 0.400. The zero-order valence-electron chi connectivity index (χ0n) is 8.59. The molecule has 0 unspecified atom stereocenters. The van der Waals surface area contributed by atoms with Crippen molar-refractivity contribution in [1.29, 1.82) is 0 Å². The quantitative estimate of drug-likeness (QED) is 0.331. The van der Waals surface area contributed by atoms with Gasteiger partial charge in [0, 0.05) is 24.8 Å². The van der Waals surface area contributed by atoms with Crippen LogP contribution in [0.2, 0.25) is 0 Å². The number of hydrogen-bond donors (Lipinski definition) is 2. The number of nitrogens with zero attached hydrogens (tertiary/aromatic N) is 3. The van der Waals surface area contributed by atoms with Gasteiger partial charge in [-0.15, -0.1) is 0 Å². The molecule has 1 saturated carbocycles. The van der Waals surface area contributed by atoms with Gasteiger partial charge < -0.3 is 15.8 Å². The number of rotatable bonds is 3. The van der Waals surface area contributed by atoms with E-state index in [2.05, 4.69) is 15.0 Å². The first-order valence-corrected chi connectivity index (χ1v) is 4.88. The van der Waals surface area contributed by atoms with Crippen LogP contribution in [0.25, 0.3) is 0 Å². The summed E-state index contributed by atoms with van der Waals surface area (Å²) in [5.41, 5.74) is 7.24. The number of pyridine rings is 1. The van der Waals surface area contributed by atoms with E-state index < -0.39 is 0 Å². The number of nitrogens with two attached hydrogens (primary N) is 1. The van der Waals surface area contributed by atoms with Crippen LogP contribution in [0.4, 0.5) is 5.69 Å². The first-order chi connectivity index (χ1) is 7.24. The normalized spacial score (nSPS) is 16.5. The van der Waals surface area contributed by atoms with Gasteiger partial charge in [0.25, 0.3) is 0 Å². The lowest BCUT2D eigenvalue weighted by Gasteiger charge is -2.20. The van der Waals surface area contributed by atoms with E-state index in [1.165, 1.54) is 12.8 Å². The van der Waals surface area contributed by atoms with Gasteiger partial charge in [0.2, 0.25) is 0 Å². The summed E-state index contributed by atoms with van der Waals surface area (Å²) in [6, 6.07) is 2.32. The van der Waals surface area contributed by atoms with Crippen LogP contribution in [0.1, 0.15) is 18.4 Å². The molecule has 1 aliphatic carbocycles. The van der Waals surface area contributed by atoms with Crippen molar-refractivity contribution in [2.75, 3.05) is 11.9 Å². The summed E-state index contributed by atoms with van der Waals surface area (Å²) in [6.45, 7) is 0. The maximum absolute atomic E-state index is 8.67. The van der Waals surface area contributed by atoms with E-state index in [0.29, 0.717) is 6.04 Å². The number of anilines is 1. The van der Waals surface area contributed by atoms with Gasteiger partial charge in [0.15, 0.2) is 5.84 Å². The molecule has 1 aliphatic rings. The smallest absolute Gasteiger partial charge is 0.172 e. The molecule has 1 fully saturated rings. The Labute approximate surface area is 88.2 Å². The summed E-state index contributed by atoms with van der Waals surface area (Å²) < 4.78 is 0. The number of amidine groups is 1. The molecule has 15 heavy (non-hydrogen) atoms. The topological polar surface area (TPSA) is 74.7 Å². The zero-order chi connectivity index (χ0) is 10.8. The highest BCUT2D eigenvalue weighted by molar-refractivity contribution is 6.02. The van der Waals surface area contributed by atoms with E-state index in [-0.39, 0.29) is 5.84 Å². The summed E-state index contributed by atoms with van der Waals surface area (Å²) in [6.07, 6.45) is 5.77. The highest BCUT2D eigenvalue weighted by Crippen LogP contribution is 2.31. The predicted molar refractivity (Wildman–Crippen MR) is 58.2 cm³/mol.